The van der Waals surface area contributed by atoms with Crippen LogP contribution in [-0.2, 0) is 14.5 Å². The van der Waals surface area contributed by atoms with Crippen LogP contribution in [0, 0.1) is 27.7 Å². The lowest BCUT2D eigenvalue weighted by molar-refractivity contribution is 0.181. The molecule has 2 unspecified atom stereocenters. The Hall–Kier alpha value is -2.94. The maximum atomic E-state index is 13.1. The summed E-state index contributed by atoms with van der Waals surface area (Å²) >= 11 is 0. The van der Waals surface area contributed by atoms with Gasteiger partial charge in [0.15, 0.2) is 17.2 Å². The fourth-order valence-corrected chi connectivity index (χ4v) is 6.07. The van der Waals surface area contributed by atoms with E-state index in [4.69, 9.17) is 18.3 Å². The molecule has 0 aliphatic heterocycles. The summed E-state index contributed by atoms with van der Waals surface area (Å²) < 4.78 is 49.1. The second-order valence-electron chi connectivity index (χ2n) is 10.6. The summed E-state index contributed by atoms with van der Waals surface area (Å²) in [6.07, 6.45) is 3.53. The first kappa shape index (κ1) is 28.1. The minimum atomic E-state index is -2.49. The average Bonchev–Trinajstić information content (AvgIpc) is 3.65. The summed E-state index contributed by atoms with van der Waals surface area (Å²) in [5, 5.41) is -1.09. The smallest absolute Gasteiger partial charge is 0.441 e. The highest BCUT2D eigenvalue weighted by Crippen LogP contribution is 2.52. The van der Waals surface area contributed by atoms with Crippen LogP contribution in [0.5, 0.6) is 23.0 Å². The zero-order valence-electron chi connectivity index (χ0n) is 23.2. The van der Waals surface area contributed by atoms with Crippen LogP contribution in [-0.4, -0.2) is 5.34 Å². The molecule has 0 spiro atoms. The van der Waals surface area contributed by atoms with Crippen LogP contribution in [0.2, 0.25) is 0 Å². The van der Waals surface area contributed by atoms with Gasteiger partial charge in [-0.1, -0.05) is 43.3 Å². The van der Waals surface area contributed by atoms with Crippen LogP contribution in [0.1, 0.15) is 67.9 Å². The Morgan fingerprint density at radius 1 is 0.763 bits per heavy atom. The molecule has 1 aliphatic carbocycles. The minimum absolute atomic E-state index is 0.284. The summed E-state index contributed by atoms with van der Waals surface area (Å²) in [6, 6.07) is 16.7. The monoisotopic (exact) mass is 554 g/mol. The van der Waals surface area contributed by atoms with Crippen LogP contribution in [0.25, 0.3) is 0 Å². The molecule has 1 saturated carbocycles. The van der Waals surface area contributed by atoms with Crippen molar-refractivity contribution in [3.05, 3.63) is 82.4 Å². The first-order valence-corrected chi connectivity index (χ1v) is 15.2. The zero-order valence-corrected chi connectivity index (χ0v) is 25.0. The number of ether oxygens (including phenoxy) is 1. The lowest BCUT2D eigenvalue weighted by atomic mass is 9.90. The Bertz CT molecular complexity index is 1330. The predicted molar refractivity (Wildman–Crippen MR) is 151 cm³/mol. The van der Waals surface area contributed by atoms with Gasteiger partial charge in [0.05, 0.1) is 0 Å². The third kappa shape index (κ3) is 6.20. The molecule has 0 amide bonds. The van der Waals surface area contributed by atoms with Gasteiger partial charge in [-0.2, -0.15) is 0 Å². The average molecular weight is 555 g/mol. The van der Waals surface area contributed by atoms with Crippen LogP contribution in [0.3, 0.4) is 0 Å². The van der Waals surface area contributed by atoms with Gasteiger partial charge in [0.1, 0.15) is 5.75 Å². The van der Waals surface area contributed by atoms with Gasteiger partial charge in [-0.25, -0.2) is 9.05 Å². The molecule has 0 bridgehead atoms. The zero-order chi connectivity index (χ0) is 27.7. The van der Waals surface area contributed by atoms with E-state index in [-0.39, 0.29) is 11.2 Å². The van der Waals surface area contributed by atoms with Crippen molar-refractivity contribution >= 4 is 16.3 Å². The van der Waals surface area contributed by atoms with Crippen molar-refractivity contribution < 1.29 is 27.4 Å². The summed E-state index contributed by atoms with van der Waals surface area (Å²) in [6.45, 7) is 13.5. The third-order valence-electron chi connectivity index (χ3n) is 7.14. The van der Waals surface area contributed by atoms with Crippen LogP contribution < -0.4 is 18.3 Å². The standard InChI is InChI=1S/C30H36O6P2/c1-8-30(15-16-30)24-17-22(4)28(23(5)18-24)36-38(32)35-26-14-10-13-25(19-26)34-37(31)29(6,7)33-27-20(2)11-9-12-21(27)3/h9-14,17-19H,8,15-16H2,1-7H3/q+2. The van der Waals surface area contributed by atoms with Crippen molar-refractivity contribution in [2.75, 3.05) is 0 Å². The van der Waals surface area contributed by atoms with Crippen molar-refractivity contribution in [1.29, 1.82) is 0 Å². The lowest BCUT2D eigenvalue weighted by Gasteiger charge is -2.18. The quantitative estimate of drug-likeness (QED) is 0.220. The van der Waals surface area contributed by atoms with Gasteiger partial charge in [0, 0.05) is 24.5 Å². The molecule has 0 saturated heterocycles. The molecule has 3 aromatic rings. The number of benzene rings is 3. The summed E-state index contributed by atoms with van der Waals surface area (Å²) in [7, 11) is -4.76. The van der Waals surface area contributed by atoms with E-state index in [0.29, 0.717) is 17.2 Å². The van der Waals surface area contributed by atoms with Crippen molar-refractivity contribution in [3.8, 4) is 23.0 Å². The molecule has 200 valence electrons. The van der Waals surface area contributed by atoms with E-state index in [2.05, 4.69) is 19.1 Å². The molecule has 8 heteroatoms. The Morgan fingerprint density at radius 3 is 1.87 bits per heavy atom. The van der Waals surface area contributed by atoms with Crippen molar-refractivity contribution in [1.82, 2.24) is 0 Å². The molecule has 0 heterocycles. The highest BCUT2D eigenvalue weighted by molar-refractivity contribution is 7.41. The molecule has 38 heavy (non-hydrogen) atoms. The first-order chi connectivity index (χ1) is 17.9. The summed E-state index contributed by atoms with van der Waals surface area (Å²) in [5.74, 6) is 1.87. The SMILES string of the molecule is CCC1(c2cc(C)c(O[P+](=O)Oc3cccc(O[P+](=O)C(C)(C)Oc4c(C)cccc4C)c3)c(C)c2)CC1. The van der Waals surface area contributed by atoms with Crippen molar-refractivity contribution in [2.24, 2.45) is 0 Å². The highest BCUT2D eigenvalue weighted by Gasteiger charge is 2.47. The van der Waals surface area contributed by atoms with E-state index >= 15 is 0 Å². The maximum absolute atomic E-state index is 13.1. The number of para-hydroxylation sites is 1. The van der Waals surface area contributed by atoms with Crippen LogP contribution >= 0.6 is 16.3 Å². The fraction of sp³-hybridized carbons (Fsp3) is 0.400. The molecule has 6 nitrogen and oxygen atoms in total. The fourth-order valence-electron chi connectivity index (χ4n) is 4.62. The Morgan fingerprint density at radius 2 is 1.32 bits per heavy atom. The van der Waals surface area contributed by atoms with E-state index in [1.807, 2.05) is 45.9 Å². The third-order valence-corrected chi connectivity index (χ3v) is 9.18. The summed E-state index contributed by atoms with van der Waals surface area (Å²) in [5.41, 5.74) is 5.39. The van der Waals surface area contributed by atoms with Gasteiger partial charge in [0.2, 0.25) is 0 Å². The Labute approximate surface area is 227 Å². The molecule has 4 rings (SSSR count). The Balaban J connectivity index is 1.41. The molecule has 0 radical (unpaired) electrons. The largest absolute Gasteiger partial charge is 0.805 e. The van der Waals surface area contributed by atoms with Crippen molar-refractivity contribution in [2.45, 2.75) is 78.5 Å². The van der Waals surface area contributed by atoms with Gasteiger partial charge in [0.25, 0.3) is 0 Å². The molecule has 0 aromatic heterocycles. The van der Waals surface area contributed by atoms with Gasteiger partial charge in [-0.3, -0.25) is 4.52 Å². The summed E-state index contributed by atoms with van der Waals surface area (Å²) in [4.78, 5) is 0. The van der Waals surface area contributed by atoms with E-state index in [1.165, 1.54) is 18.4 Å². The second kappa shape index (κ2) is 11.0. The number of hydrogen-bond acceptors (Lipinski definition) is 6. The second-order valence-corrected chi connectivity index (χ2v) is 13.2. The van der Waals surface area contributed by atoms with Gasteiger partial charge >= 0.3 is 21.6 Å². The molecular formula is C30H36O6P2+2. The molecular weight excluding hydrogens is 518 g/mol. The molecule has 1 aliphatic rings. The van der Waals surface area contributed by atoms with Crippen LogP contribution in [0.4, 0.5) is 0 Å². The predicted octanol–water partition coefficient (Wildman–Crippen LogP) is 9.41. The molecule has 0 N–H and O–H groups in total. The van der Waals surface area contributed by atoms with E-state index in [9.17, 15) is 9.13 Å². The topological polar surface area (TPSA) is 71.1 Å². The maximum Gasteiger partial charge on any atom is 0.805 e. The van der Waals surface area contributed by atoms with Gasteiger partial charge in [-0.15, -0.1) is 0 Å². The minimum Gasteiger partial charge on any atom is -0.441 e. The van der Waals surface area contributed by atoms with Crippen LogP contribution in [0.15, 0.2) is 54.6 Å². The molecule has 3 aromatic carbocycles. The lowest BCUT2D eigenvalue weighted by Crippen LogP contribution is -2.25. The van der Waals surface area contributed by atoms with Gasteiger partial charge in [-0.05, 0) is 96.9 Å². The Kier molecular flexibility index (Phi) is 8.16. The van der Waals surface area contributed by atoms with E-state index in [1.54, 1.807) is 38.1 Å². The number of hydrogen-bond donors (Lipinski definition) is 0. The number of aryl methyl sites for hydroxylation is 4. The molecule has 1 fully saturated rings. The first-order valence-electron chi connectivity index (χ1n) is 12.9. The van der Waals surface area contributed by atoms with E-state index < -0.39 is 21.6 Å². The van der Waals surface area contributed by atoms with Gasteiger partial charge < -0.3 is 4.74 Å². The number of rotatable bonds is 11. The van der Waals surface area contributed by atoms with E-state index in [0.717, 1.165) is 28.7 Å². The normalized spacial score (nSPS) is 14.9. The highest BCUT2D eigenvalue weighted by atomic mass is 31.1. The van der Waals surface area contributed by atoms with Crippen molar-refractivity contribution in [3.63, 3.8) is 0 Å². The molecule has 2 atom stereocenters.